The third-order valence-electron chi connectivity index (χ3n) is 5.68. The number of nitrogens with zero attached hydrogens (tertiary/aromatic N) is 3. The van der Waals surface area contributed by atoms with Crippen LogP contribution in [0.2, 0.25) is 0 Å². The molecule has 0 fully saturated rings. The number of hydrogen-bond acceptors (Lipinski definition) is 5. The number of aromatic nitrogens is 3. The zero-order valence-corrected chi connectivity index (χ0v) is 19.5. The molecule has 2 aromatic heterocycles. The van der Waals surface area contributed by atoms with E-state index in [4.69, 9.17) is 4.74 Å². The van der Waals surface area contributed by atoms with Crippen molar-refractivity contribution in [3.8, 4) is 5.75 Å². The lowest BCUT2D eigenvalue weighted by molar-refractivity contribution is -0.117. The van der Waals surface area contributed by atoms with Crippen LogP contribution < -0.4 is 20.9 Å². The van der Waals surface area contributed by atoms with Crippen molar-refractivity contribution in [3.05, 3.63) is 93.4 Å². The predicted octanol–water partition coefficient (Wildman–Crippen LogP) is 2.83. The molecule has 2 N–H and O–H groups in total. The van der Waals surface area contributed by atoms with Crippen molar-refractivity contribution >= 4 is 23.0 Å². The molecule has 2 aromatic carbocycles. The Hall–Kier alpha value is -4.47. The van der Waals surface area contributed by atoms with Gasteiger partial charge in [-0.2, -0.15) is 5.10 Å². The van der Waals surface area contributed by atoms with E-state index in [0.29, 0.717) is 28.3 Å². The van der Waals surface area contributed by atoms with Gasteiger partial charge in [-0.15, -0.1) is 0 Å². The van der Waals surface area contributed by atoms with Gasteiger partial charge in [-0.05, 0) is 49.2 Å². The Balaban J connectivity index is 1.56. The number of rotatable bonds is 7. The van der Waals surface area contributed by atoms with Crippen LogP contribution in [0.5, 0.6) is 5.75 Å². The number of ether oxygens (including phenoxy) is 1. The van der Waals surface area contributed by atoms with Crippen molar-refractivity contribution in [2.24, 2.45) is 0 Å². The number of amides is 2. The van der Waals surface area contributed by atoms with Gasteiger partial charge in [-0.1, -0.05) is 18.2 Å². The number of aryl methyl sites for hydroxylation is 2. The summed E-state index contributed by atoms with van der Waals surface area (Å²) in [5.41, 5.74) is 2.41. The van der Waals surface area contributed by atoms with Gasteiger partial charge in [0.1, 0.15) is 30.0 Å². The first-order chi connectivity index (χ1) is 16.8. The molecule has 0 bridgehead atoms. The van der Waals surface area contributed by atoms with E-state index in [1.54, 1.807) is 54.6 Å². The fourth-order valence-corrected chi connectivity index (χ4v) is 3.91. The van der Waals surface area contributed by atoms with Gasteiger partial charge in [0.25, 0.3) is 11.5 Å². The summed E-state index contributed by atoms with van der Waals surface area (Å²) in [7, 11) is 1.53. The lowest BCUT2D eigenvalue weighted by Crippen LogP contribution is -2.30. The molecule has 0 unspecified atom stereocenters. The van der Waals surface area contributed by atoms with Crippen LogP contribution in [-0.2, 0) is 17.9 Å². The van der Waals surface area contributed by atoms with Crippen molar-refractivity contribution < 1.29 is 18.7 Å². The molecule has 0 spiro atoms. The van der Waals surface area contributed by atoms with E-state index in [2.05, 4.69) is 15.7 Å². The quantitative estimate of drug-likeness (QED) is 0.426. The number of hydrogen-bond donors (Lipinski definition) is 2. The molecule has 2 heterocycles. The van der Waals surface area contributed by atoms with Crippen LogP contribution in [0, 0.1) is 19.7 Å². The van der Waals surface area contributed by atoms with Crippen LogP contribution in [0.25, 0.3) is 5.52 Å². The second-order valence-electron chi connectivity index (χ2n) is 7.99. The zero-order chi connectivity index (χ0) is 25.1. The summed E-state index contributed by atoms with van der Waals surface area (Å²) in [6.45, 7) is 3.30. The Morgan fingerprint density at radius 3 is 2.57 bits per heavy atom. The van der Waals surface area contributed by atoms with Gasteiger partial charge in [0.15, 0.2) is 0 Å². The van der Waals surface area contributed by atoms with Gasteiger partial charge in [0.2, 0.25) is 5.91 Å². The molecule has 0 aliphatic carbocycles. The summed E-state index contributed by atoms with van der Waals surface area (Å²) in [4.78, 5) is 38.6. The third-order valence-corrected chi connectivity index (χ3v) is 5.68. The predicted molar refractivity (Wildman–Crippen MR) is 128 cm³/mol. The van der Waals surface area contributed by atoms with Crippen LogP contribution in [0.1, 0.15) is 27.2 Å². The minimum Gasteiger partial charge on any atom is -0.497 e. The first-order valence-electron chi connectivity index (χ1n) is 10.8. The Morgan fingerprint density at radius 2 is 1.86 bits per heavy atom. The van der Waals surface area contributed by atoms with Crippen LogP contribution in [0.3, 0.4) is 0 Å². The number of methoxy groups -OCH3 is 1. The SMILES string of the molecule is COc1cccc(NC(=O)Cn2ncn3c(C)c(C(=O)NCc4ccc(F)cc4)c(C)c3c2=O)c1. The van der Waals surface area contributed by atoms with Crippen molar-refractivity contribution in [2.45, 2.75) is 26.9 Å². The lowest BCUT2D eigenvalue weighted by atomic mass is 10.1. The highest BCUT2D eigenvalue weighted by Crippen LogP contribution is 2.20. The molecule has 0 saturated heterocycles. The van der Waals surface area contributed by atoms with E-state index < -0.39 is 11.5 Å². The second kappa shape index (κ2) is 9.80. The van der Waals surface area contributed by atoms with Crippen LogP contribution in [-0.4, -0.2) is 33.1 Å². The van der Waals surface area contributed by atoms with Crippen LogP contribution in [0.4, 0.5) is 10.1 Å². The van der Waals surface area contributed by atoms with Gasteiger partial charge in [0, 0.05) is 24.0 Å². The van der Waals surface area contributed by atoms with E-state index >= 15 is 0 Å². The van der Waals surface area contributed by atoms with E-state index in [-0.39, 0.29) is 30.3 Å². The summed E-state index contributed by atoms with van der Waals surface area (Å²) >= 11 is 0. The summed E-state index contributed by atoms with van der Waals surface area (Å²) in [5.74, 6) is -0.569. The van der Waals surface area contributed by atoms with Crippen molar-refractivity contribution in [1.82, 2.24) is 19.5 Å². The highest BCUT2D eigenvalue weighted by Gasteiger charge is 2.22. The van der Waals surface area contributed by atoms with Crippen molar-refractivity contribution in [2.75, 3.05) is 12.4 Å². The maximum Gasteiger partial charge on any atom is 0.291 e. The van der Waals surface area contributed by atoms with E-state index in [1.807, 2.05) is 0 Å². The topological polar surface area (TPSA) is 107 Å². The van der Waals surface area contributed by atoms with Gasteiger partial charge in [0.05, 0.1) is 12.7 Å². The number of nitrogens with one attached hydrogen (secondary N) is 2. The number of anilines is 1. The molecule has 0 atom stereocenters. The highest BCUT2D eigenvalue weighted by atomic mass is 19.1. The van der Waals surface area contributed by atoms with E-state index in [0.717, 1.165) is 10.2 Å². The molecule has 0 radical (unpaired) electrons. The molecule has 180 valence electrons. The number of halogens is 1. The standard InChI is InChI=1S/C25H24FN5O4/c1-15-22(24(33)27-12-17-7-9-18(26)10-8-17)16(2)30-14-28-31(25(34)23(15)30)13-21(32)29-19-5-4-6-20(11-19)35-3/h4-11,14H,12-13H2,1-3H3,(H,27,33)(H,29,32). The molecule has 35 heavy (non-hydrogen) atoms. The summed E-state index contributed by atoms with van der Waals surface area (Å²) < 4.78 is 20.8. The van der Waals surface area contributed by atoms with Gasteiger partial charge in [-0.3, -0.25) is 18.8 Å². The molecule has 0 aliphatic rings. The average Bonchev–Trinajstić information content (AvgIpc) is 3.10. The van der Waals surface area contributed by atoms with E-state index in [9.17, 15) is 18.8 Å². The molecule has 0 saturated carbocycles. The van der Waals surface area contributed by atoms with Gasteiger partial charge < -0.3 is 15.4 Å². The van der Waals surface area contributed by atoms with Gasteiger partial charge in [-0.25, -0.2) is 9.07 Å². The number of fused-ring (bicyclic) bond motifs is 1. The molecule has 2 amide bonds. The smallest absolute Gasteiger partial charge is 0.291 e. The molecule has 4 aromatic rings. The number of benzene rings is 2. The monoisotopic (exact) mass is 477 g/mol. The Morgan fingerprint density at radius 1 is 1.11 bits per heavy atom. The first kappa shape index (κ1) is 23.7. The van der Waals surface area contributed by atoms with Crippen LogP contribution in [0.15, 0.2) is 59.7 Å². The highest BCUT2D eigenvalue weighted by molar-refractivity contribution is 5.99. The average molecular weight is 477 g/mol. The molecular weight excluding hydrogens is 453 g/mol. The third kappa shape index (κ3) is 4.91. The molecule has 4 rings (SSSR count). The second-order valence-corrected chi connectivity index (χ2v) is 7.99. The lowest BCUT2D eigenvalue weighted by Gasteiger charge is -2.08. The minimum atomic E-state index is -0.494. The molecular formula is C25H24FN5O4. The summed E-state index contributed by atoms with van der Waals surface area (Å²) in [6, 6.07) is 12.7. The Bertz CT molecular complexity index is 1470. The zero-order valence-electron chi connectivity index (χ0n) is 19.5. The molecule has 0 aliphatic heterocycles. The largest absolute Gasteiger partial charge is 0.497 e. The summed E-state index contributed by atoms with van der Waals surface area (Å²) in [5, 5.41) is 9.63. The molecule has 9 nitrogen and oxygen atoms in total. The van der Waals surface area contributed by atoms with Crippen molar-refractivity contribution in [1.29, 1.82) is 0 Å². The number of carbonyl (C=O) groups excluding carboxylic acids is 2. The minimum absolute atomic E-state index is 0.205. The van der Waals surface area contributed by atoms with Crippen molar-refractivity contribution in [3.63, 3.8) is 0 Å². The van der Waals surface area contributed by atoms with Crippen LogP contribution >= 0.6 is 0 Å². The fourth-order valence-electron chi connectivity index (χ4n) is 3.91. The maximum absolute atomic E-state index is 13.1. The van der Waals surface area contributed by atoms with Gasteiger partial charge >= 0.3 is 0 Å². The Labute approximate surface area is 200 Å². The first-order valence-corrected chi connectivity index (χ1v) is 10.8. The molecule has 10 heteroatoms. The maximum atomic E-state index is 13.1. The normalized spacial score (nSPS) is 10.9. The summed E-state index contributed by atoms with van der Waals surface area (Å²) in [6.07, 6.45) is 1.41. The Kier molecular flexibility index (Phi) is 6.63. The number of carbonyl (C=O) groups is 2. The fraction of sp³-hybridized carbons (Fsp3) is 0.200. The van der Waals surface area contributed by atoms with E-state index in [1.165, 1.54) is 25.6 Å².